The highest BCUT2D eigenvalue weighted by atomic mass is 32.2. The fourth-order valence-electron chi connectivity index (χ4n) is 5.87. The van der Waals surface area contributed by atoms with Gasteiger partial charge in [0.2, 0.25) is 10.0 Å². The first-order valence-electron chi connectivity index (χ1n) is 14.4. The number of amides is 1. The zero-order valence-electron chi connectivity index (χ0n) is 25.1. The molecule has 3 aromatic rings. The molecule has 44 heavy (non-hydrogen) atoms. The number of hydrogen-bond donors (Lipinski definition) is 0. The smallest absolute Gasteiger partial charge is 0.418 e. The van der Waals surface area contributed by atoms with Crippen LogP contribution in [0.5, 0.6) is 0 Å². The van der Waals surface area contributed by atoms with E-state index in [4.69, 9.17) is 4.74 Å². The summed E-state index contributed by atoms with van der Waals surface area (Å²) in [6.07, 6.45) is -5.13. The highest BCUT2D eigenvalue weighted by molar-refractivity contribution is 7.89. The van der Waals surface area contributed by atoms with Crippen LogP contribution in [0.25, 0.3) is 10.8 Å². The zero-order chi connectivity index (χ0) is 32.0. The number of rotatable bonds is 4. The van der Waals surface area contributed by atoms with E-state index in [0.29, 0.717) is 37.6 Å². The lowest BCUT2D eigenvalue weighted by Crippen LogP contribution is -2.54. The molecule has 1 amide bonds. The summed E-state index contributed by atoms with van der Waals surface area (Å²) in [5.74, 6) is -0.990. The van der Waals surface area contributed by atoms with Gasteiger partial charge in [0.25, 0.3) is 0 Å². The van der Waals surface area contributed by atoms with Crippen LogP contribution in [0.3, 0.4) is 0 Å². The summed E-state index contributed by atoms with van der Waals surface area (Å²) in [5, 5.41) is 1.28. The number of fused-ring (bicyclic) bond motifs is 1. The minimum atomic E-state index is -4.76. The van der Waals surface area contributed by atoms with Crippen molar-refractivity contribution in [3.05, 3.63) is 66.0 Å². The normalized spacial score (nSPS) is 19.0. The van der Waals surface area contributed by atoms with Crippen LogP contribution in [0.4, 0.5) is 33.7 Å². The SMILES string of the molecule is C[C@@H]1CN(c2ccc(F)cc2C(F)(F)F)CCN1S(=O)(=O)c1ccc(N2CCN(C(=O)OC(C)(C)C)CC2)c2ccccc12. The van der Waals surface area contributed by atoms with Gasteiger partial charge in [0.05, 0.1) is 10.5 Å². The number of piperazine rings is 2. The predicted octanol–water partition coefficient (Wildman–Crippen LogP) is 5.95. The minimum absolute atomic E-state index is 0.00584. The molecule has 0 radical (unpaired) electrons. The highest BCUT2D eigenvalue weighted by Gasteiger charge is 2.39. The number of nitrogens with zero attached hydrogens (tertiary/aromatic N) is 4. The van der Waals surface area contributed by atoms with Crippen molar-refractivity contribution in [2.75, 3.05) is 55.6 Å². The maximum Gasteiger partial charge on any atom is 0.418 e. The van der Waals surface area contributed by atoms with Gasteiger partial charge in [0.1, 0.15) is 11.4 Å². The van der Waals surface area contributed by atoms with Crippen molar-refractivity contribution in [3.63, 3.8) is 0 Å². The van der Waals surface area contributed by atoms with Gasteiger partial charge in [-0.2, -0.15) is 17.5 Å². The summed E-state index contributed by atoms with van der Waals surface area (Å²) in [6, 6.07) is 12.4. The molecule has 0 bridgehead atoms. The average molecular weight is 637 g/mol. The Hall–Kier alpha value is -3.58. The van der Waals surface area contributed by atoms with Gasteiger partial charge in [0, 0.05) is 74.0 Å². The van der Waals surface area contributed by atoms with Crippen molar-refractivity contribution < 1.29 is 35.5 Å². The largest absolute Gasteiger partial charge is 0.444 e. The van der Waals surface area contributed by atoms with Gasteiger partial charge in [-0.05, 0) is 58.0 Å². The third-order valence-electron chi connectivity index (χ3n) is 7.89. The second-order valence-corrected chi connectivity index (χ2v) is 14.0. The number of benzene rings is 3. The molecule has 0 aromatic heterocycles. The fraction of sp³-hybridized carbons (Fsp3) is 0.452. The standard InChI is InChI=1S/C31H36F4N4O4S/c1-21-20-38(27-10-9-22(32)19-25(27)31(33,34)35)17-18-39(21)44(41,42)28-12-11-26(23-7-5-6-8-24(23)28)36-13-15-37(16-14-36)29(40)43-30(2,3)4/h5-12,19,21H,13-18,20H2,1-4H3/t21-/m1/s1. The molecule has 13 heteroatoms. The van der Waals surface area contributed by atoms with Gasteiger partial charge < -0.3 is 19.4 Å². The van der Waals surface area contributed by atoms with Gasteiger partial charge >= 0.3 is 12.3 Å². The topological polar surface area (TPSA) is 73.4 Å². The molecular weight excluding hydrogens is 600 g/mol. The van der Waals surface area contributed by atoms with Crippen molar-refractivity contribution in [2.24, 2.45) is 0 Å². The summed E-state index contributed by atoms with van der Waals surface area (Å²) in [5.41, 5.74) is -1.01. The zero-order valence-corrected chi connectivity index (χ0v) is 25.9. The lowest BCUT2D eigenvalue weighted by Gasteiger charge is -2.41. The summed E-state index contributed by atoms with van der Waals surface area (Å²) in [4.78, 5) is 17.9. The third kappa shape index (κ3) is 6.44. The van der Waals surface area contributed by atoms with E-state index in [2.05, 4.69) is 4.90 Å². The van der Waals surface area contributed by atoms with Crippen LogP contribution in [0.2, 0.25) is 0 Å². The predicted molar refractivity (Wildman–Crippen MR) is 161 cm³/mol. The number of carbonyl (C=O) groups is 1. The molecule has 0 unspecified atom stereocenters. The minimum Gasteiger partial charge on any atom is -0.444 e. The molecule has 2 saturated heterocycles. The van der Waals surface area contributed by atoms with Gasteiger partial charge in [0.15, 0.2) is 0 Å². The first-order valence-corrected chi connectivity index (χ1v) is 15.9. The number of halogens is 4. The molecule has 0 saturated carbocycles. The number of alkyl halides is 3. The first-order chi connectivity index (χ1) is 20.6. The molecule has 2 aliphatic heterocycles. The van der Waals surface area contributed by atoms with E-state index in [-0.39, 0.29) is 36.3 Å². The van der Waals surface area contributed by atoms with Crippen molar-refractivity contribution in [2.45, 2.75) is 50.4 Å². The lowest BCUT2D eigenvalue weighted by molar-refractivity contribution is -0.137. The number of hydrogen-bond acceptors (Lipinski definition) is 6. The van der Waals surface area contributed by atoms with Crippen molar-refractivity contribution in [3.8, 4) is 0 Å². The van der Waals surface area contributed by atoms with E-state index in [1.54, 1.807) is 36.1 Å². The van der Waals surface area contributed by atoms with Crippen LogP contribution in [-0.2, 0) is 20.9 Å². The Morgan fingerprint density at radius 1 is 0.841 bits per heavy atom. The molecule has 2 heterocycles. The second-order valence-electron chi connectivity index (χ2n) is 12.2. The number of ether oxygens (including phenoxy) is 1. The van der Waals surface area contributed by atoms with Gasteiger partial charge in [-0.15, -0.1) is 0 Å². The van der Waals surface area contributed by atoms with Crippen LogP contribution >= 0.6 is 0 Å². The van der Waals surface area contributed by atoms with E-state index < -0.39 is 39.2 Å². The molecule has 0 aliphatic carbocycles. The summed E-state index contributed by atoms with van der Waals surface area (Å²) in [7, 11) is -4.04. The van der Waals surface area contributed by atoms with E-state index in [9.17, 15) is 30.8 Å². The molecule has 238 valence electrons. The monoisotopic (exact) mass is 636 g/mol. The molecule has 1 atom stereocenters. The Morgan fingerprint density at radius 2 is 1.45 bits per heavy atom. The number of carbonyl (C=O) groups excluding carboxylic acids is 1. The van der Waals surface area contributed by atoms with E-state index in [0.717, 1.165) is 23.2 Å². The Bertz CT molecular complexity index is 1650. The van der Waals surface area contributed by atoms with E-state index in [1.165, 1.54) is 9.21 Å². The third-order valence-corrected chi connectivity index (χ3v) is 9.96. The molecule has 2 aliphatic rings. The molecule has 0 N–H and O–H groups in total. The summed E-state index contributed by atoms with van der Waals surface area (Å²) in [6.45, 7) is 9.07. The molecular formula is C31H36F4N4O4S. The van der Waals surface area contributed by atoms with Crippen molar-refractivity contribution in [1.82, 2.24) is 9.21 Å². The van der Waals surface area contributed by atoms with E-state index >= 15 is 0 Å². The molecule has 8 nitrogen and oxygen atoms in total. The lowest BCUT2D eigenvalue weighted by atomic mass is 10.1. The van der Waals surface area contributed by atoms with Gasteiger partial charge in [-0.25, -0.2) is 17.6 Å². The van der Waals surface area contributed by atoms with Gasteiger partial charge in [-0.3, -0.25) is 0 Å². The number of anilines is 2. The maximum atomic E-state index is 14.1. The maximum absolute atomic E-state index is 14.1. The number of sulfonamides is 1. The first kappa shape index (κ1) is 31.8. The van der Waals surface area contributed by atoms with Crippen LogP contribution in [0, 0.1) is 5.82 Å². The molecule has 2 fully saturated rings. The fourth-order valence-corrected chi connectivity index (χ4v) is 7.68. The Balaban J connectivity index is 1.37. The van der Waals surface area contributed by atoms with Crippen LogP contribution in [-0.4, -0.2) is 81.2 Å². The molecule has 3 aromatic carbocycles. The van der Waals surface area contributed by atoms with E-state index in [1.807, 2.05) is 32.9 Å². The van der Waals surface area contributed by atoms with Crippen molar-refractivity contribution in [1.29, 1.82) is 0 Å². The Morgan fingerprint density at radius 3 is 2.07 bits per heavy atom. The Labute approximate surface area is 254 Å². The molecule has 5 rings (SSSR count). The second kappa shape index (κ2) is 11.7. The van der Waals surface area contributed by atoms with Crippen LogP contribution in [0.15, 0.2) is 59.5 Å². The highest BCUT2D eigenvalue weighted by Crippen LogP contribution is 2.39. The van der Waals surface area contributed by atoms with Crippen molar-refractivity contribution >= 4 is 38.3 Å². The summed E-state index contributed by atoms with van der Waals surface area (Å²) < 4.78 is 89.6. The molecule has 0 spiro atoms. The quantitative estimate of drug-likeness (QED) is 0.330. The van der Waals surface area contributed by atoms with Crippen LogP contribution in [0.1, 0.15) is 33.3 Å². The van der Waals surface area contributed by atoms with Crippen LogP contribution < -0.4 is 9.80 Å². The summed E-state index contributed by atoms with van der Waals surface area (Å²) >= 11 is 0. The average Bonchev–Trinajstić information content (AvgIpc) is 2.95. The Kier molecular flexibility index (Phi) is 8.49. The van der Waals surface area contributed by atoms with Gasteiger partial charge in [-0.1, -0.05) is 24.3 Å².